The van der Waals surface area contributed by atoms with Crippen LogP contribution in [0.25, 0.3) is 22.3 Å². The number of alkyl halides is 3. The van der Waals surface area contributed by atoms with Crippen LogP contribution in [0, 0.1) is 11.6 Å². The Balaban J connectivity index is 1.57. The van der Waals surface area contributed by atoms with Gasteiger partial charge in [0.25, 0.3) is 5.91 Å². The lowest BCUT2D eigenvalue weighted by Crippen LogP contribution is -2.16. The second-order valence-corrected chi connectivity index (χ2v) is 8.68. The number of rotatable bonds is 5. The molecule has 202 valence electrons. The van der Waals surface area contributed by atoms with Gasteiger partial charge in [0.05, 0.1) is 22.5 Å². The maximum absolute atomic E-state index is 13.9. The van der Waals surface area contributed by atoms with Crippen LogP contribution in [0.5, 0.6) is 5.75 Å². The quantitative estimate of drug-likeness (QED) is 0.128. The van der Waals surface area contributed by atoms with Gasteiger partial charge in [0, 0.05) is 22.8 Å². The summed E-state index contributed by atoms with van der Waals surface area (Å²) in [5.74, 6) is -4.61. The van der Waals surface area contributed by atoms with E-state index in [0.717, 1.165) is 18.2 Å². The molecule has 1 amide bonds. The smallest absolute Gasteiger partial charge is 0.417 e. The fourth-order valence-electron chi connectivity index (χ4n) is 4.37. The van der Waals surface area contributed by atoms with E-state index in [1.165, 1.54) is 36.4 Å². The normalized spacial score (nSPS) is 13.7. The first-order chi connectivity index (χ1) is 18.9. The topological polar surface area (TPSA) is 111 Å². The molecular formula is C28H16F5N3O4. The number of benzene rings is 4. The van der Waals surface area contributed by atoms with Gasteiger partial charge in [0.2, 0.25) is 0 Å². The predicted molar refractivity (Wildman–Crippen MR) is 136 cm³/mol. The molecule has 0 saturated heterocycles. The zero-order chi connectivity index (χ0) is 28.8. The summed E-state index contributed by atoms with van der Waals surface area (Å²) >= 11 is 0. The molecule has 0 radical (unpaired) electrons. The molecule has 0 saturated carbocycles. The number of anilines is 2. The lowest BCUT2D eigenvalue weighted by atomic mass is 9.94. The third kappa shape index (κ3) is 4.82. The van der Waals surface area contributed by atoms with E-state index in [9.17, 15) is 41.8 Å². The van der Waals surface area contributed by atoms with Crippen LogP contribution in [0.3, 0.4) is 0 Å². The maximum atomic E-state index is 13.9. The number of nitrogens with one attached hydrogen (secondary N) is 2. The minimum Gasteiger partial charge on any atom is -0.505 e. The van der Waals surface area contributed by atoms with Gasteiger partial charge in [0.1, 0.15) is 17.4 Å². The zero-order valence-electron chi connectivity index (χ0n) is 20.0. The summed E-state index contributed by atoms with van der Waals surface area (Å²) in [7, 11) is 0. The van der Waals surface area contributed by atoms with E-state index in [1.807, 2.05) is 0 Å². The highest BCUT2D eigenvalue weighted by Crippen LogP contribution is 2.45. The molecule has 0 atom stereocenters. The summed E-state index contributed by atoms with van der Waals surface area (Å²) in [6.45, 7) is 0. The summed E-state index contributed by atoms with van der Waals surface area (Å²) in [5, 5.41) is 26.3. The van der Waals surface area contributed by atoms with Gasteiger partial charge in [-0.25, -0.2) is 13.6 Å². The van der Waals surface area contributed by atoms with Gasteiger partial charge in [0.15, 0.2) is 5.71 Å². The lowest BCUT2D eigenvalue weighted by Gasteiger charge is -2.17. The molecule has 1 aliphatic rings. The number of carboxylic acid groups (broad SMARTS) is 1. The van der Waals surface area contributed by atoms with E-state index in [1.54, 1.807) is 6.07 Å². The number of hydrogen-bond donors (Lipinski definition) is 4. The van der Waals surface area contributed by atoms with Crippen molar-refractivity contribution < 1.29 is 41.8 Å². The molecule has 0 aromatic heterocycles. The molecule has 5 rings (SSSR count). The van der Waals surface area contributed by atoms with E-state index in [0.29, 0.717) is 17.7 Å². The van der Waals surface area contributed by atoms with Crippen LogP contribution in [0.2, 0.25) is 0 Å². The minimum absolute atomic E-state index is 0.00585. The average molecular weight is 553 g/mol. The number of amides is 1. The summed E-state index contributed by atoms with van der Waals surface area (Å²) in [4.78, 5) is 24.1. The van der Waals surface area contributed by atoms with Gasteiger partial charge in [-0.3, -0.25) is 10.2 Å². The predicted octanol–water partition coefficient (Wildman–Crippen LogP) is 6.49. The van der Waals surface area contributed by atoms with Crippen LogP contribution >= 0.6 is 0 Å². The van der Waals surface area contributed by atoms with E-state index in [-0.39, 0.29) is 39.5 Å². The van der Waals surface area contributed by atoms with Crippen molar-refractivity contribution in [2.45, 2.75) is 6.18 Å². The number of carbonyl (C=O) groups excluding carboxylic acids is 1. The fraction of sp³-hybridized carbons (Fsp3) is 0.0357. The molecule has 0 spiro atoms. The van der Waals surface area contributed by atoms with Crippen LogP contribution < -0.4 is 10.7 Å². The standard InChI is InChI=1S/C28H16F5N3O4/c29-16-10-15(11-17(30)12-16)22-20(28(31,32)33)8-7-19-23(22)34-26(38)24(19)36-35-21-6-2-5-18(25(21)37)13-3-1-4-14(9-13)27(39)40/h1-12,35,37H,(H,39,40)(H,34,36,38). The minimum atomic E-state index is -4.92. The molecule has 0 aliphatic carbocycles. The highest BCUT2D eigenvalue weighted by Gasteiger charge is 2.39. The molecule has 4 aromatic carbocycles. The largest absolute Gasteiger partial charge is 0.505 e. The summed E-state index contributed by atoms with van der Waals surface area (Å²) in [5.41, 5.74) is 0.0754. The van der Waals surface area contributed by atoms with Crippen LogP contribution in [-0.2, 0) is 11.0 Å². The first-order valence-electron chi connectivity index (χ1n) is 11.5. The molecule has 40 heavy (non-hydrogen) atoms. The van der Waals surface area contributed by atoms with Gasteiger partial charge in [-0.1, -0.05) is 24.3 Å². The number of halogens is 5. The highest BCUT2D eigenvalue weighted by molar-refractivity contribution is 6.54. The number of nitrogens with zero attached hydrogens (tertiary/aromatic N) is 1. The van der Waals surface area contributed by atoms with Crippen LogP contribution in [0.1, 0.15) is 21.5 Å². The SMILES string of the molecule is O=C1Nc2c(ccc(C(F)(F)F)c2-c2cc(F)cc(F)c2)C1=NNc1cccc(-c2cccc(C(=O)O)c2)c1O. The lowest BCUT2D eigenvalue weighted by molar-refractivity contribution is -0.137. The van der Waals surface area contributed by atoms with Gasteiger partial charge in [-0.2, -0.15) is 18.3 Å². The van der Waals surface area contributed by atoms with Crippen molar-refractivity contribution in [3.63, 3.8) is 0 Å². The van der Waals surface area contributed by atoms with Crippen molar-refractivity contribution in [1.82, 2.24) is 0 Å². The van der Waals surface area contributed by atoms with Crippen LogP contribution in [0.15, 0.2) is 77.9 Å². The Hall–Kier alpha value is -5.26. The van der Waals surface area contributed by atoms with Crippen molar-refractivity contribution >= 4 is 29.0 Å². The second kappa shape index (κ2) is 9.80. The number of phenolic OH excluding ortho intramolecular Hbond substituents is 1. The van der Waals surface area contributed by atoms with Crippen molar-refractivity contribution in [2.24, 2.45) is 5.10 Å². The van der Waals surface area contributed by atoms with E-state index < -0.39 is 46.4 Å². The number of para-hydroxylation sites is 1. The number of hydrazone groups is 1. The molecule has 1 aliphatic heterocycles. The Morgan fingerprint density at radius 2 is 1.57 bits per heavy atom. The fourth-order valence-corrected chi connectivity index (χ4v) is 4.37. The monoisotopic (exact) mass is 553 g/mol. The number of carboxylic acids is 1. The number of aromatic carboxylic acids is 1. The van der Waals surface area contributed by atoms with Gasteiger partial charge >= 0.3 is 12.1 Å². The molecule has 4 aromatic rings. The third-order valence-electron chi connectivity index (χ3n) is 6.12. The molecule has 0 fully saturated rings. The second-order valence-electron chi connectivity index (χ2n) is 8.68. The molecule has 7 nitrogen and oxygen atoms in total. The first kappa shape index (κ1) is 26.4. The summed E-state index contributed by atoms with van der Waals surface area (Å²) < 4.78 is 69.4. The number of phenols is 1. The number of hydrogen-bond acceptors (Lipinski definition) is 5. The van der Waals surface area contributed by atoms with E-state index >= 15 is 0 Å². The Bertz CT molecular complexity index is 1710. The van der Waals surface area contributed by atoms with Crippen molar-refractivity contribution in [3.05, 3.63) is 101 Å². The zero-order valence-corrected chi connectivity index (χ0v) is 20.0. The van der Waals surface area contributed by atoms with Crippen molar-refractivity contribution in [1.29, 1.82) is 0 Å². The summed E-state index contributed by atoms with van der Waals surface area (Å²) in [6.07, 6.45) is -4.92. The number of fused-ring (bicyclic) bond motifs is 1. The Labute approximate surface area is 222 Å². The van der Waals surface area contributed by atoms with Gasteiger partial charge in [-0.05, 0) is 53.6 Å². The summed E-state index contributed by atoms with van der Waals surface area (Å²) in [6, 6.07) is 13.9. The molecule has 12 heteroatoms. The Morgan fingerprint density at radius 1 is 0.875 bits per heavy atom. The third-order valence-corrected chi connectivity index (χ3v) is 6.12. The molecule has 0 unspecified atom stereocenters. The number of aromatic hydroxyl groups is 1. The maximum Gasteiger partial charge on any atom is 0.417 e. The Kier molecular flexibility index (Phi) is 6.46. The molecular weight excluding hydrogens is 537 g/mol. The first-order valence-corrected chi connectivity index (χ1v) is 11.5. The van der Waals surface area contributed by atoms with Gasteiger partial charge < -0.3 is 15.5 Å². The molecule has 1 heterocycles. The van der Waals surface area contributed by atoms with Crippen molar-refractivity contribution in [3.8, 4) is 28.0 Å². The molecule has 0 bridgehead atoms. The highest BCUT2D eigenvalue weighted by atomic mass is 19.4. The van der Waals surface area contributed by atoms with Crippen molar-refractivity contribution in [2.75, 3.05) is 10.7 Å². The van der Waals surface area contributed by atoms with Crippen LogP contribution in [0.4, 0.5) is 33.3 Å². The van der Waals surface area contributed by atoms with E-state index in [2.05, 4.69) is 15.8 Å². The Morgan fingerprint density at radius 3 is 2.25 bits per heavy atom. The van der Waals surface area contributed by atoms with E-state index in [4.69, 9.17) is 0 Å². The van der Waals surface area contributed by atoms with Crippen LogP contribution in [-0.4, -0.2) is 27.8 Å². The van der Waals surface area contributed by atoms with Gasteiger partial charge in [-0.15, -0.1) is 0 Å². The average Bonchev–Trinajstić information content (AvgIpc) is 3.21. The number of carbonyl (C=O) groups is 2. The molecule has 4 N–H and O–H groups in total.